The molecule has 0 aliphatic carbocycles. The Bertz CT molecular complexity index is 346. The van der Waals surface area contributed by atoms with Crippen molar-refractivity contribution < 1.29 is 66.0 Å². The van der Waals surface area contributed by atoms with Crippen molar-refractivity contribution in [2.24, 2.45) is 0 Å². The summed E-state index contributed by atoms with van der Waals surface area (Å²) in [6.07, 6.45) is 0. The van der Waals surface area contributed by atoms with Crippen LogP contribution in [0.1, 0.15) is 0 Å². The van der Waals surface area contributed by atoms with E-state index in [2.05, 4.69) is 8.62 Å². The van der Waals surface area contributed by atoms with Gasteiger partial charge in [-0.1, -0.05) is 0 Å². The second kappa shape index (κ2) is 10.8. The molecule has 0 aromatic heterocycles. The number of hydrogen-bond donors (Lipinski definition) is 4. The van der Waals surface area contributed by atoms with Gasteiger partial charge in [-0.3, -0.25) is 0 Å². The Hall–Kier alpha value is 2.12. The van der Waals surface area contributed by atoms with Gasteiger partial charge in [-0.25, -0.2) is 9.13 Å². The van der Waals surface area contributed by atoms with Gasteiger partial charge in [-0.15, -0.1) is 0 Å². The molecule has 0 aromatic carbocycles. The summed E-state index contributed by atoms with van der Waals surface area (Å²) in [5.74, 6) is 0. The molecule has 0 bridgehead atoms. The zero-order chi connectivity index (χ0) is 15.4. The minimum atomic E-state index is -5.68. The van der Waals surface area contributed by atoms with Crippen LogP contribution in [0.25, 0.3) is 0 Å². The van der Waals surface area contributed by atoms with E-state index >= 15 is 0 Å². The Labute approximate surface area is 144 Å². The van der Waals surface area contributed by atoms with Gasteiger partial charge in [0.2, 0.25) is 0 Å². The smallest absolute Gasteiger partial charge is 0.790 e. The maximum Gasteiger partial charge on any atom is 2.00 e. The van der Waals surface area contributed by atoms with Crippen LogP contribution < -0.4 is 19.6 Å². The van der Waals surface area contributed by atoms with Gasteiger partial charge in [-0.2, -0.15) is 4.31 Å². The fourth-order valence-electron chi connectivity index (χ4n) is 0.261. The summed E-state index contributed by atoms with van der Waals surface area (Å²) in [7, 11) is -21.5. The molecule has 4 radical (unpaired) electrons. The number of rotatable bonds is 4. The Morgan fingerprint density at radius 2 is 0.800 bits per heavy atom. The summed E-state index contributed by atoms with van der Waals surface area (Å²) in [5, 5.41) is 0. The van der Waals surface area contributed by atoms with Gasteiger partial charge in [0.15, 0.2) is 0 Å². The van der Waals surface area contributed by atoms with Crippen LogP contribution in [0.5, 0.6) is 0 Å². The molecule has 0 aliphatic heterocycles. The van der Waals surface area contributed by atoms with Gasteiger partial charge >= 0.3 is 63.5 Å². The largest absolute Gasteiger partial charge is 2.00 e. The SMILES string of the molecule is O=P(O)(O)OP(=O)(O)O.O=P([O-])([O-])OP(=O)([O-])[O-].[Sn+2].[Sn+2]. The first-order chi connectivity index (χ1) is 7.41. The van der Waals surface area contributed by atoms with Crippen LogP contribution in [0.2, 0.25) is 0 Å². The molecule has 0 saturated heterocycles. The molecule has 0 saturated carbocycles. The van der Waals surface area contributed by atoms with Gasteiger partial charge in [0.05, 0.1) is 15.6 Å². The minimum absolute atomic E-state index is 0. The predicted octanol–water partition coefficient (Wildman–Crippen LogP) is -4.91. The Balaban J connectivity index is -0.000000116. The van der Waals surface area contributed by atoms with Crippen LogP contribution in [0.4, 0.5) is 0 Å². The van der Waals surface area contributed by atoms with Crippen LogP contribution in [0.15, 0.2) is 0 Å². The van der Waals surface area contributed by atoms with Gasteiger partial charge < -0.3 is 52.6 Å². The second-order valence-electron chi connectivity index (χ2n) is 2.04. The van der Waals surface area contributed by atoms with Crippen molar-refractivity contribution >= 4 is 79.1 Å². The summed E-state index contributed by atoms with van der Waals surface area (Å²) in [6.45, 7) is 0. The van der Waals surface area contributed by atoms with Crippen molar-refractivity contribution in [2.75, 3.05) is 0 Å². The third kappa shape index (κ3) is 36.9. The molecule has 0 aliphatic rings. The molecule has 0 heterocycles. The summed E-state index contributed by atoms with van der Waals surface area (Å²) >= 11 is 0. The van der Waals surface area contributed by atoms with Crippen molar-refractivity contribution in [2.45, 2.75) is 0 Å². The van der Waals surface area contributed by atoms with Crippen LogP contribution in [0, 0.1) is 0 Å². The molecule has 0 aromatic rings. The summed E-state index contributed by atoms with van der Waals surface area (Å²) < 4.78 is 43.4. The normalized spacial score (nSPS) is 12.4. The molecule has 0 unspecified atom stereocenters. The average Bonchev–Trinajstić information content (AvgIpc) is 1.64. The number of phosphoric acid groups is 4. The van der Waals surface area contributed by atoms with E-state index in [1.54, 1.807) is 0 Å². The van der Waals surface area contributed by atoms with E-state index in [1.807, 2.05) is 0 Å². The van der Waals surface area contributed by atoms with Crippen molar-refractivity contribution in [1.29, 1.82) is 0 Å². The molecule has 0 spiro atoms. The molecule has 0 atom stereocenters. The molecule has 14 nitrogen and oxygen atoms in total. The topological polar surface area (TPSA) is 260 Å². The van der Waals surface area contributed by atoms with Crippen molar-refractivity contribution in [3.63, 3.8) is 0 Å². The molecular weight excluding hydrogens is 585 g/mol. The monoisotopic (exact) mass is 592 g/mol. The van der Waals surface area contributed by atoms with E-state index < -0.39 is 31.3 Å². The maximum absolute atomic E-state index is 9.63. The van der Waals surface area contributed by atoms with Crippen LogP contribution in [-0.4, -0.2) is 67.4 Å². The van der Waals surface area contributed by atoms with Gasteiger partial charge in [0.1, 0.15) is 0 Å². The van der Waals surface area contributed by atoms with Gasteiger partial charge in [-0.05, 0) is 0 Å². The molecular formula is H4O14P4Sn2. The fourth-order valence-corrected chi connectivity index (χ4v) is 2.35. The molecule has 20 heteroatoms. The van der Waals surface area contributed by atoms with E-state index in [4.69, 9.17) is 19.6 Å². The van der Waals surface area contributed by atoms with Crippen LogP contribution >= 0.6 is 31.3 Å². The third-order valence-electron chi connectivity index (χ3n) is 0.413. The Morgan fingerprint density at radius 3 is 0.800 bits per heavy atom. The van der Waals surface area contributed by atoms with E-state index in [0.29, 0.717) is 0 Å². The average molecular weight is 589 g/mol. The van der Waals surface area contributed by atoms with Gasteiger partial charge in [0, 0.05) is 0 Å². The minimum Gasteiger partial charge on any atom is -0.790 e. The van der Waals surface area contributed by atoms with E-state index in [-0.39, 0.29) is 47.8 Å². The summed E-state index contributed by atoms with van der Waals surface area (Å²) in [4.78, 5) is 68.3. The Kier molecular flexibility index (Phi) is 16.2. The van der Waals surface area contributed by atoms with Crippen molar-refractivity contribution in [3.8, 4) is 0 Å². The zero-order valence-corrected chi connectivity index (χ0v) is 17.9. The van der Waals surface area contributed by atoms with E-state index in [0.717, 1.165) is 0 Å². The molecule has 4 N–H and O–H groups in total. The molecule has 20 heavy (non-hydrogen) atoms. The van der Waals surface area contributed by atoms with Crippen molar-refractivity contribution in [1.82, 2.24) is 0 Å². The van der Waals surface area contributed by atoms with Crippen LogP contribution in [-0.2, 0) is 26.9 Å². The standard InChI is InChI=1S/2H4O7P2.2Sn/c2*1-8(2,3)7-9(4,5)6;;/h2*(H2,1,2,3)(H2,4,5,6);;/q;;2*+2/p-4. The fraction of sp³-hybridized carbons (Fsp3) is 0. The van der Waals surface area contributed by atoms with Crippen LogP contribution in [0.3, 0.4) is 0 Å². The molecule has 0 amide bonds. The first-order valence-corrected chi connectivity index (χ1v) is 8.97. The molecule has 0 fully saturated rings. The third-order valence-corrected chi connectivity index (χ3v) is 3.71. The first-order valence-electron chi connectivity index (χ1n) is 2.99. The summed E-state index contributed by atoms with van der Waals surface area (Å²) in [6, 6.07) is 0. The predicted molar refractivity (Wildman–Crippen MR) is 53.0 cm³/mol. The first kappa shape index (κ1) is 30.0. The van der Waals surface area contributed by atoms with E-state index in [9.17, 15) is 37.8 Å². The maximum atomic E-state index is 9.63. The second-order valence-corrected chi connectivity index (χ2v) is 7.10. The summed E-state index contributed by atoms with van der Waals surface area (Å²) in [5.41, 5.74) is 0. The zero-order valence-electron chi connectivity index (χ0n) is 8.66. The molecule has 0 rings (SSSR count). The Morgan fingerprint density at radius 1 is 0.600 bits per heavy atom. The van der Waals surface area contributed by atoms with E-state index in [1.165, 1.54) is 0 Å². The number of hydrogen-bond acceptors (Lipinski definition) is 10. The molecule has 116 valence electrons. The van der Waals surface area contributed by atoms with Crippen molar-refractivity contribution in [3.05, 3.63) is 0 Å². The van der Waals surface area contributed by atoms with Gasteiger partial charge in [0.25, 0.3) is 0 Å². The quantitative estimate of drug-likeness (QED) is 0.177.